The molecule has 0 fully saturated rings. The van der Waals surface area contributed by atoms with Gasteiger partial charge in [0.15, 0.2) is 0 Å². The molecule has 0 aliphatic rings. The molecule has 0 aliphatic heterocycles. The topological polar surface area (TPSA) is 62.7 Å². The van der Waals surface area contributed by atoms with Gasteiger partial charge in [0.1, 0.15) is 0 Å². The molecule has 0 unspecified atom stereocenters. The molecule has 0 radical (unpaired) electrons. The highest BCUT2D eigenvalue weighted by Gasteiger charge is 2.09. The molecule has 0 bridgehead atoms. The van der Waals surface area contributed by atoms with Crippen molar-refractivity contribution in [3.8, 4) is 17.5 Å². The van der Waals surface area contributed by atoms with Crippen LogP contribution in [0.15, 0.2) is 28.8 Å². The molecule has 5 heteroatoms. The minimum Gasteiger partial charge on any atom is -0.338 e. The van der Waals surface area contributed by atoms with Gasteiger partial charge in [0.25, 0.3) is 0 Å². The smallest absolute Gasteiger partial charge is 0.236 e. The molecule has 0 atom stereocenters. The van der Waals surface area contributed by atoms with Crippen LogP contribution in [0.25, 0.3) is 11.4 Å². The number of nitrogens with zero attached hydrogens (tertiary/aromatic N) is 3. The molecule has 19 heavy (non-hydrogen) atoms. The van der Waals surface area contributed by atoms with Gasteiger partial charge < -0.3 is 4.52 Å². The minimum atomic E-state index is 0.431. The van der Waals surface area contributed by atoms with Gasteiger partial charge >= 0.3 is 0 Å². The lowest BCUT2D eigenvalue weighted by atomic mass is 10.0. The number of hydrogen-bond acceptors (Lipinski definition) is 5. The quantitative estimate of drug-likeness (QED) is 0.779. The number of aromatic nitrogens is 2. The van der Waals surface area contributed by atoms with Crippen molar-refractivity contribution in [3.05, 3.63) is 35.7 Å². The van der Waals surface area contributed by atoms with Gasteiger partial charge in [-0.25, -0.2) is 0 Å². The molecule has 0 aliphatic carbocycles. The summed E-state index contributed by atoms with van der Waals surface area (Å²) in [6.45, 7) is 4.32. The first-order valence-corrected chi connectivity index (χ1v) is 7.24. The molecule has 2 rings (SSSR count). The van der Waals surface area contributed by atoms with E-state index in [9.17, 15) is 0 Å². The van der Waals surface area contributed by atoms with E-state index in [1.54, 1.807) is 0 Å². The largest absolute Gasteiger partial charge is 0.338 e. The number of thioether (sulfide) groups is 1. The fourth-order valence-corrected chi connectivity index (χ4v) is 2.12. The van der Waals surface area contributed by atoms with Gasteiger partial charge in [0.05, 0.1) is 17.6 Å². The third kappa shape index (κ3) is 3.58. The van der Waals surface area contributed by atoms with E-state index in [-0.39, 0.29) is 0 Å². The molecular formula is C14H15N3OS. The first kappa shape index (κ1) is 13.6. The van der Waals surface area contributed by atoms with E-state index >= 15 is 0 Å². The van der Waals surface area contributed by atoms with Crippen LogP contribution in [-0.4, -0.2) is 15.9 Å². The predicted octanol–water partition coefficient (Wildman–Crippen LogP) is 3.62. The Balaban J connectivity index is 2.07. The SMILES string of the molecule is CC(C)c1ccc(-c2noc(CSCC#N)n2)cc1. The molecule has 1 aromatic carbocycles. The second-order valence-electron chi connectivity index (χ2n) is 4.44. The second-order valence-corrected chi connectivity index (χ2v) is 5.42. The molecule has 0 amide bonds. The zero-order valence-corrected chi connectivity index (χ0v) is 11.8. The van der Waals surface area contributed by atoms with Crippen LogP contribution in [0.5, 0.6) is 0 Å². The maximum absolute atomic E-state index is 8.46. The predicted molar refractivity (Wildman–Crippen MR) is 75.6 cm³/mol. The van der Waals surface area contributed by atoms with Crippen molar-refractivity contribution < 1.29 is 4.52 Å². The first-order valence-electron chi connectivity index (χ1n) is 6.08. The van der Waals surface area contributed by atoms with Crippen LogP contribution in [0.2, 0.25) is 0 Å². The van der Waals surface area contributed by atoms with Crippen molar-refractivity contribution in [2.24, 2.45) is 0 Å². The molecule has 0 spiro atoms. The normalized spacial score (nSPS) is 10.6. The Morgan fingerprint density at radius 3 is 2.68 bits per heavy atom. The number of nitriles is 1. The van der Waals surface area contributed by atoms with Gasteiger partial charge in [-0.3, -0.25) is 0 Å². The van der Waals surface area contributed by atoms with Crippen molar-refractivity contribution in [3.63, 3.8) is 0 Å². The van der Waals surface area contributed by atoms with Crippen LogP contribution in [0.3, 0.4) is 0 Å². The highest BCUT2D eigenvalue weighted by atomic mass is 32.2. The number of hydrogen-bond donors (Lipinski definition) is 0. The van der Waals surface area contributed by atoms with Gasteiger partial charge in [0.2, 0.25) is 11.7 Å². The fourth-order valence-electron chi connectivity index (χ4n) is 1.63. The van der Waals surface area contributed by atoms with E-state index in [0.717, 1.165) is 5.56 Å². The van der Waals surface area contributed by atoms with Gasteiger partial charge in [-0.05, 0) is 11.5 Å². The van der Waals surface area contributed by atoms with Gasteiger partial charge in [-0.2, -0.15) is 10.2 Å². The van der Waals surface area contributed by atoms with E-state index in [1.165, 1.54) is 17.3 Å². The zero-order chi connectivity index (χ0) is 13.7. The van der Waals surface area contributed by atoms with Crippen molar-refractivity contribution >= 4 is 11.8 Å². The third-order valence-electron chi connectivity index (χ3n) is 2.70. The van der Waals surface area contributed by atoms with Crippen LogP contribution >= 0.6 is 11.8 Å². The minimum absolute atomic E-state index is 0.431. The molecule has 1 heterocycles. The number of benzene rings is 1. The zero-order valence-electron chi connectivity index (χ0n) is 11.0. The Labute approximate surface area is 116 Å². The van der Waals surface area contributed by atoms with Crippen LogP contribution in [0.4, 0.5) is 0 Å². The van der Waals surface area contributed by atoms with E-state index < -0.39 is 0 Å². The average molecular weight is 273 g/mol. The van der Waals surface area contributed by atoms with E-state index in [1.807, 2.05) is 12.1 Å². The van der Waals surface area contributed by atoms with Gasteiger partial charge in [-0.15, -0.1) is 11.8 Å². The first-order chi connectivity index (χ1) is 9.20. The molecule has 2 aromatic rings. The molecular weight excluding hydrogens is 258 g/mol. The Morgan fingerprint density at radius 1 is 1.32 bits per heavy atom. The monoisotopic (exact) mass is 273 g/mol. The standard InChI is InChI=1S/C14H15N3OS/c1-10(2)11-3-5-12(6-4-11)14-16-13(18-17-14)9-19-8-7-15/h3-6,10H,8-9H2,1-2H3. The summed E-state index contributed by atoms with van der Waals surface area (Å²) in [5.41, 5.74) is 2.24. The summed E-state index contributed by atoms with van der Waals surface area (Å²) in [4.78, 5) is 4.32. The summed E-state index contributed by atoms with van der Waals surface area (Å²) in [6.07, 6.45) is 0. The van der Waals surface area contributed by atoms with Gasteiger partial charge in [-0.1, -0.05) is 43.3 Å². The summed E-state index contributed by atoms with van der Waals surface area (Å²) in [5, 5.41) is 12.4. The summed E-state index contributed by atoms with van der Waals surface area (Å²) in [5.74, 6) is 2.68. The van der Waals surface area contributed by atoms with Crippen LogP contribution in [-0.2, 0) is 5.75 Å². The Bertz CT molecular complexity index is 569. The van der Waals surface area contributed by atoms with Crippen molar-refractivity contribution in [2.75, 3.05) is 5.75 Å². The summed E-state index contributed by atoms with van der Waals surface area (Å²) in [7, 11) is 0. The van der Waals surface area contributed by atoms with Crippen LogP contribution in [0, 0.1) is 11.3 Å². The van der Waals surface area contributed by atoms with E-state index in [2.05, 4.69) is 42.2 Å². The lowest BCUT2D eigenvalue weighted by molar-refractivity contribution is 0.392. The van der Waals surface area contributed by atoms with Gasteiger partial charge in [0, 0.05) is 5.56 Å². The van der Waals surface area contributed by atoms with Crippen molar-refractivity contribution in [2.45, 2.75) is 25.5 Å². The van der Waals surface area contributed by atoms with Crippen molar-refractivity contribution in [1.82, 2.24) is 10.1 Å². The van der Waals surface area contributed by atoms with Crippen molar-refractivity contribution in [1.29, 1.82) is 5.26 Å². The second kappa shape index (κ2) is 6.39. The lowest BCUT2D eigenvalue weighted by Gasteiger charge is -2.04. The highest BCUT2D eigenvalue weighted by molar-refractivity contribution is 7.98. The third-order valence-corrected chi connectivity index (χ3v) is 3.48. The maximum atomic E-state index is 8.46. The highest BCUT2D eigenvalue weighted by Crippen LogP contribution is 2.21. The van der Waals surface area contributed by atoms with E-state index in [4.69, 9.17) is 9.78 Å². The Morgan fingerprint density at radius 2 is 2.05 bits per heavy atom. The van der Waals surface area contributed by atoms with Crippen LogP contribution in [0.1, 0.15) is 31.2 Å². The molecule has 0 saturated carbocycles. The summed E-state index contributed by atoms with van der Waals surface area (Å²) >= 11 is 1.46. The molecule has 98 valence electrons. The molecule has 0 saturated heterocycles. The maximum Gasteiger partial charge on any atom is 0.236 e. The summed E-state index contributed by atoms with van der Waals surface area (Å²) < 4.78 is 5.15. The molecule has 4 nitrogen and oxygen atoms in total. The summed E-state index contributed by atoms with van der Waals surface area (Å²) in [6, 6.07) is 10.2. The average Bonchev–Trinajstić information content (AvgIpc) is 2.88. The van der Waals surface area contributed by atoms with Crippen LogP contribution < -0.4 is 0 Å². The molecule has 1 aromatic heterocycles. The Hall–Kier alpha value is -1.80. The fraction of sp³-hybridized carbons (Fsp3) is 0.357. The number of rotatable bonds is 5. The Kier molecular flexibility index (Phi) is 4.58. The van der Waals surface area contributed by atoms with E-state index in [0.29, 0.717) is 29.1 Å². The molecule has 0 N–H and O–H groups in total. The lowest BCUT2D eigenvalue weighted by Crippen LogP contribution is -1.88.